The highest BCUT2D eigenvalue weighted by atomic mass is 32.2. The summed E-state index contributed by atoms with van der Waals surface area (Å²) in [7, 11) is 0. The van der Waals surface area contributed by atoms with Crippen molar-refractivity contribution in [3.63, 3.8) is 0 Å². The molecular formula is C9H17NOS. The summed E-state index contributed by atoms with van der Waals surface area (Å²) >= 11 is 1.95. The maximum absolute atomic E-state index is 8.06. The predicted molar refractivity (Wildman–Crippen MR) is 53.0 cm³/mol. The van der Waals surface area contributed by atoms with E-state index < -0.39 is 0 Å². The summed E-state index contributed by atoms with van der Waals surface area (Å²) in [4.78, 5) is 0. The first-order valence-electron chi connectivity index (χ1n) is 4.50. The van der Waals surface area contributed by atoms with E-state index in [2.05, 4.69) is 11.7 Å². The average molecular weight is 187 g/mol. The SMILES string of the molecule is CCCCCSCCCOC#N. The summed E-state index contributed by atoms with van der Waals surface area (Å²) in [5.74, 6) is 2.37. The minimum Gasteiger partial charge on any atom is -0.427 e. The van der Waals surface area contributed by atoms with E-state index in [1.807, 2.05) is 11.8 Å². The van der Waals surface area contributed by atoms with Gasteiger partial charge in [-0.1, -0.05) is 19.8 Å². The Bertz CT molecular complexity index is 122. The number of unbranched alkanes of at least 4 members (excludes halogenated alkanes) is 2. The molecule has 0 unspecified atom stereocenters. The third-order valence-corrected chi connectivity index (χ3v) is 2.65. The molecule has 0 aromatic heterocycles. The second-order valence-electron chi connectivity index (χ2n) is 2.61. The predicted octanol–water partition coefficient (Wildman–Crippen LogP) is 2.80. The largest absolute Gasteiger partial charge is 0.427 e. The summed E-state index contributed by atoms with van der Waals surface area (Å²) in [5, 5.41) is 8.06. The number of nitriles is 1. The van der Waals surface area contributed by atoms with Crippen LogP contribution < -0.4 is 0 Å². The molecule has 0 spiro atoms. The molecule has 0 N–H and O–H groups in total. The molecule has 0 fully saturated rings. The molecule has 2 nitrogen and oxygen atoms in total. The van der Waals surface area contributed by atoms with Gasteiger partial charge in [0.15, 0.2) is 0 Å². The first kappa shape index (κ1) is 11.6. The van der Waals surface area contributed by atoms with Crippen molar-refractivity contribution in [3.05, 3.63) is 0 Å². The molecule has 0 bridgehead atoms. The van der Waals surface area contributed by atoms with Crippen LogP contribution in [-0.4, -0.2) is 18.1 Å². The Labute approximate surface area is 79.3 Å². The van der Waals surface area contributed by atoms with E-state index in [1.54, 1.807) is 6.26 Å². The Balaban J connectivity index is 2.78. The molecule has 12 heavy (non-hydrogen) atoms. The summed E-state index contributed by atoms with van der Waals surface area (Å²) in [6.07, 6.45) is 6.60. The molecule has 0 rings (SSSR count). The maximum Gasteiger partial charge on any atom is 0.286 e. The quantitative estimate of drug-likeness (QED) is 0.433. The van der Waals surface area contributed by atoms with E-state index in [4.69, 9.17) is 5.26 Å². The molecule has 0 aromatic rings. The minimum absolute atomic E-state index is 0.581. The molecule has 0 heterocycles. The summed E-state index contributed by atoms with van der Waals surface area (Å²) < 4.78 is 4.55. The lowest BCUT2D eigenvalue weighted by Gasteiger charge is -1.99. The number of hydrogen-bond acceptors (Lipinski definition) is 3. The zero-order valence-electron chi connectivity index (χ0n) is 7.71. The van der Waals surface area contributed by atoms with E-state index in [0.29, 0.717) is 6.61 Å². The minimum atomic E-state index is 0.581. The van der Waals surface area contributed by atoms with E-state index in [9.17, 15) is 0 Å². The fraction of sp³-hybridized carbons (Fsp3) is 0.889. The lowest BCUT2D eigenvalue weighted by atomic mass is 10.3. The van der Waals surface area contributed by atoms with Crippen LogP contribution in [0.3, 0.4) is 0 Å². The highest BCUT2D eigenvalue weighted by Crippen LogP contribution is 2.07. The maximum atomic E-state index is 8.06. The van der Waals surface area contributed by atoms with Crippen molar-refractivity contribution >= 4 is 11.8 Å². The Morgan fingerprint density at radius 1 is 1.25 bits per heavy atom. The number of hydrogen-bond donors (Lipinski definition) is 0. The second kappa shape index (κ2) is 10.6. The van der Waals surface area contributed by atoms with Gasteiger partial charge in [0.25, 0.3) is 6.26 Å². The Morgan fingerprint density at radius 3 is 2.67 bits per heavy atom. The van der Waals surface area contributed by atoms with Gasteiger partial charge in [0.1, 0.15) is 6.61 Å². The van der Waals surface area contributed by atoms with Gasteiger partial charge in [-0.25, -0.2) is 0 Å². The molecule has 0 aliphatic heterocycles. The lowest BCUT2D eigenvalue weighted by Crippen LogP contribution is -1.91. The van der Waals surface area contributed by atoms with Crippen LogP contribution in [0.15, 0.2) is 0 Å². The number of ether oxygens (including phenoxy) is 1. The Hall–Kier alpha value is -0.360. The number of rotatable bonds is 8. The van der Waals surface area contributed by atoms with E-state index in [1.165, 1.54) is 25.0 Å². The highest BCUT2D eigenvalue weighted by Gasteiger charge is 1.90. The molecule has 0 aromatic carbocycles. The summed E-state index contributed by atoms with van der Waals surface area (Å²) in [6.45, 7) is 2.79. The third-order valence-electron chi connectivity index (χ3n) is 1.49. The van der Waals surface area contributed by atoms with Crippen LogP contribution in [0.5, 0.6) is 0 Å². The van der Waals surface area contributed by atoms with Crippen LogP contribution in [0.25, 0.3) is 0 Å². The second-order valence-corrected chi connectivity index (χ2v) is 3.84. The average Bonchev–Trinajstić information content (AvgIpc) is 2.10. The van der Waals surface area contributed by atoms with Crippen molar-refractivity contribution in [2.75, 3.05) is 18.1 Å². The van der Waals surface area contributed by atoms with Crippen molar-refractivity contribution in [1.29, 1.82) is 5.26 Å². The van der Waals surface area contributed by atoms with E-state index in [0.717, 1.165) is 12.2 Å². The molecule has 0 saturated carbocycles. The fourth-order valence-corrected chi connectivity index (χ4v) is 1.77. The van der Waals surface area contributed by atoms with Crippen molar-refractivity contribution in [2.45, 2.75) is 32.6 Å². The highest BCUT2D eigenvalue weighted by molar-refractivity contribution is 7.99. The Kier molecular flexibility index (Phi) is 10.3. The molecule has 0 saturated heterocycles. The van der Waals surface area contributed by atoms with Gasteiger partial charge in [0.2, 0.25) is 0 Å². The normalized spacial score (nSPS) is 9.33. The monoisotopic (exact) mass is 187 g/mol. The third kappa shape index (κ3) is 9.64. The van der Waals surface area contributed by atoms with Crippen molar-refractivity contribution in [2.24, 2.45) is 0 Å². The molecular weight excluding hydrogens is 170 g/mol. The van der Waals surface area contributed by atoms with Gasteiger partial charge in [-0.15, -0.1) is 0 Å². The van der Waals surface area contributed by atoms with Gasteiger partial charge < -0.3 is 4.74 Å². The van der Waals surface area contributed by atoms with E-state index >= 15 is 0 Å². The van der Waals surface area contributed by atoms with Crippen LogP contribution in [0, 0.1) is 11.5 Å². The van der Waals surface area contributed by atoms with E-state index in [-0.39, 0.29) is 0 Å². The summed E-state index contributed by atoms with van der Waals surface area (Å²) in [6, 6.07) is 0. The fourth-order valence-electron chi connectivity index (χ4n) is 0.835. The van der Waals surface area contributed by atoms with Gasteiger partial charge in [-0.2, -0.15) is 17.0 Å². The topological polar surface area (TPSA) is 33.0 Å². The first-order valence-corrected chi connectivity index (χ1v) is 5.66. The smallest absolute Gasteiger partial charge is 0.286 e. The molecule has 0 amide bonds. The molecule has 0 radical (unpaired) electrons. The molecule has 0 aliphatic rings. The van der Waals surface area contributed by atoms with Gasteiger partial charge in [-0.05, 0) is 24.3 Å². The van der Waals surface area contributed by atoms with Crippen LogP contribution in [-0.2, 0) is 4.74 Å². The number of thioether (sulfide) groups is 1. The molecule has 70 valence electrons. The zero-order chi connectivity index (χ0) is 9.07. The van der Waals surface area contributed by atoms with Gasteiger partial charge in [-0.3, -0.25) is 0 Å². The van der Waals surface area contributed by atoms with Gasteiger partial charge in [0, 0.05) is 0 Å². The van der Waals surface area contributed by atoms with Crippen LogP contribution in [0.4, 0.5) is 0 Å². The molecule has 0 atom stereocenters. The van der Waals surface area contributed by atoms with Gasteiger partial charge >= 0.3 is 0 Å². The van der Waals surface area contributed by atoms with Gasteiger partial charge in [0.05, 0.1) is 0 Å². The Morgan fingerprint density at radius 2 is 2.00 bits per heavy atom. The van der Waals surface area contributed by atoms with Crippen LogP contribution in [0.2, 0.25) is 0 Å². The van der Waals surface area contributed by atoms with Crippen molar-refractivity contribution in [3.8, 4) is 6.26 Å². The number of nitrogens with zero attached hydrogens (tertiary/aromatic N) is 1. The first-order chi connectivity index (χ1) is 5.91. The lowest BCUT2D eigenvalue weighted by molar-refractivity contribution is 0.272. The summed E-state index contributed by atoms with van der Waals surface area (Å²) in [5.41, 5.74) is 0. The standard InChI is InChI=1S/C9H17NOS/c1-2-3-4-7-12-8-5-6-11-9-10/h2-8H2,1H3. The van der Waals surface area contributed by atoms with Crippen molar-refractivity contribution in [1.82, 2.24) is 0 Å². The van der Waals surface area contributed by atoms with Crippen LogP contribution in [0.1, 0.15) is 32.6 Å². The van der Waals surface area contributed by atoms with Crippen molar-refractivity contribution < 1.29 is 4.74 Å². The zero-order valence-corrected chi connectivity index (χ0v) is 8.53. The molecule has 3 heteroatoms. The van der Waals surface area contributed by atoms with Crippen LogP contribution >= 0.6 is 11.8 Å². The molecule has 0 aliphatic carbocycles.